The molecule has 3 rings (SSSR count). The van der Waals surface area contributed by atoms with Gasteiger partial charge in [-0.3, -0.25) is 9.59 Å². The molecule has 0 radical (unpaired) electrons. The van der Waals surface area contributed by atoms with E-state index in [1.165, 1.54) is 25.1 Å². The van der Waals surface area contributed by atoms with Gasteiger partial charge in [-0.2, -0.15) is 0 Å². The van der Waals surface area contributed by atoms with Crippen LogP contribution in [0.3, 0.4) is 0 Å². The summed E-state index contributed by atoms with van der Waals surface area (Å²) in [6.45, 7) is 5.21. The van der Waals surface area contributed by atoms with Gasteiger partial charge in [-0.25, -0.2) is 13.6 Å². The standard InChI is InChI=1S/C25H30F2N4O3/c1-3-4-22(29-25(34)28-16-18-5-8-20(26)9-6-18)24(33)31-13-11-30(12-14-31)23-10-7-19(17(2)32)15-21(23)27/h5-10,15,22H,3-4,11-14,16H2,1-2H3,(H2,28,29,34). The highest BCUT2D eigenvalue weighted by atomic mass is 19.1. The maximum absolute atomic E-state index is 14.5. The highest BCUT2D eigenvalue weighted by Gasteiger charge is 2.29. The molecule has 1 heterocycles. The van der Waals surface area contributed by atoms with Crippen LogP contribution in [0.1, 0.15) is 42.6 Å². The fourth-order valence-corrected chi connectivity index (χ4v) is 3.91. The molecule has 2 N–H and O–H groups in total. The van der Waals surface area contributed by atoms with E-state index in [-0.39, 0.29) is 24.1 Å². The van der Waals surface area contributed by atoms with Crippen LogP contribution in [0.25, 0.3) is 0 Å². The first-order valence-electron chi connectivity index (χ1n) is 11.4. The van der Waals surface area contributed by atoms with Gasteiger partial charge in [0.15, 0.2) is 5.78 Å². The van der Waals surface area contributed by atoms with Crippen molar-refractivity contribution in [3.05, 3.63) is 65.2 Å². The lowest BCUT2D eigenvalue weighted by molar-refractivity contribution is -0.133. The van der Waals surface area contributed by atoms with Gasteiger partial charge in [0.2, 0.25) is 5.91 Å². The van der Waals surface area contributed by atoms with Crippen molar-refractivity contribution in [1.29, 1.82) is 0 Å². The number of amides is 3. The van der Waals surface area contributed by atoms with Gasteiger partial charge in [0.1, 0.15) is 17.7 Å². The highest BCUT2D eigenvalue weighted by Crippen LogP contribution is 2.22. The van der Waals surface area contributed by atoms with E-state index in [1.807, 2.05) is 11.8 Å². The summed E-state index contributed by atoms with van der Waals surface area (Å²) in [5, 5.41) is 5.44. The number of ketones is 1. The van der Waals surface area contributed by atoms with Gasteiger partial charge in [-0.1, -0.05) is 25.5 Å². The van der Waals surface area contributed by atoms with Crippen molar-refractivity contribution in [2.75, 3.05) is 31.1 Å². The first kappa shape index (κ1) is 25.1. The zero-order valence-corrected chi connectivity index (χ0v) is 19.4. The molecule has 1 fully saturated rings. The lowest BCUT2D eigenvalue weighted by atomic mass is 10.1. The molecule has 1 unspecified atom stereocenters. The summed E-state index contributed by atoms with van der Waals surface area (Å²) in [5.41, 5.74) is 1.47. The van der Waals surface area contributed by atoms with Crippen molar-refractivity contribution in [2.45, 2.75) is 39.3 Å². The minimum absolute atomic E-state index is 0.175. The third-order valence-corrected chi connectivity index (χ3v) is 5.83. The maximum Gasteiger partial charge on any atom is 0.315 e. The Morgan fingerprint density at radius 2 is 1.68 bits per heavy atom. The van der Waals surface area contributed by atoms with Crippen LogP contribution >= 0.6 is 0 Å². The maximum atomic E-state index is 14.5. The molecule has 2 aromatic carbocycles. The normalized spacial score (nSPS) is 14.5. The molecule has 0 saturated carbocycles. The lowest BCUT2D eigenvalue weighted by Gasteiger charge is -2.37. The first-order valence-corrected chi connectivity index (χ1v) is 11.4. The number of hydrogen-bond acceptors (Lipinski definition) is 4. The largest absolute Gasteiger partial charge is 0.366 e. The summed E-state index contributed by atoms with van der Waals surface area (Å²) in [4.78, 5) is 40.4. The Bertz CT molecular complexity index is 1020. The summed E-state index contributed by atoms with van der Waals surface area (Å²) in [6, 6.07) is 9.10. The molecule has 1 aliphatic heterocycles. The average molecular weight is 473 g/mol. The molecule has 0 aliphatic carbocycles. The van der Waals surface area contributed by atoms with E-state index in [1.54, 1.807) is 29.2 Å². The molecule has 3 amide bonds. The Balaban J connectivity index is 1.54. The topological polar surface area (TPSA) is 81.8 Å². The number of carbonyl (C=O) groups excluding carboxylic acids is 3. The van der Waals surface area contributed by atoms with Crippen molar-refractivity contribution in [2.24, 2.45) is 0 Å². The number of halogens is 2. The quantitative estimate of drug-likeness (QED) is 0.577. The molecule has 1 aliphatic rings. The van der Waals surface area contributed by atoms with Crippen LogP contribution in [-0.2, 0) is 11.3 Å². The smallest absolute Gasteiger partial charge is 0.315 e. The molecule has 2 aromatic rings. The summed E-state index contributed by atoms with van der Waals surface area (Å²) in [5.74, 6) is -1.18. The van der Waals surface area contributed by atoms with E-state index in [2.05, 4.69) is 10.6 Å². The monoisotopic (exact) mass is 472 g/mol. The molecule has 0 spiro atoms. The predicted octanol–water partition coefficient (Wildman–Crippen LogP) is 3.48. The van der Waals surface area contributed by atoms with Gasteiger partial charge in [-0.15, -0.1) is 0 Å². The van der Waals surface area contributed by atoms with Crippen molar-refractivity contribution in [1.82, 2.24) is 15.5 Å². The Morgan fingerprint density at radius 1 is 1.00 bits per heavy atom. The van der Waals surface area contributed by atoms with Crippen molar-refractivity contribution in [3.8, 4) is 0 Å². The molecule has 7 nitrogen and oxygen atoms in total. The second-order valence-corrected chi connectivity index (χ2v) is 8.33. The van der Waals surface area contributed by atoms with Crippen LogP contribution in [0.2, 0.25) is 0 Å². The lowest BCUT2D eigenvalue weighted by Crippen LogP contribution is -2.56. The summed E-state index contributed by atoms with van der Waals surface area (Å²) < 4.78 is 27.5. The van der Waals surface area contributed by atoms with Gasteiger partial charge < -0.3 is 20.4 Å². The molecule has 1 saturated heterocycles. The second-order valence-electron chi connectivity index (χ2n) is 8.33. The average Bonchev–Trinajstić information content (AvgIpc) is 2.83. The number of urea groups is 1. The van der Waals surface area contributed by atoms with Gasteiger partial charge in [0.25, 0.3) is 0 Å². The van der Waals surface area contributed by atoms with Gasteiger partial charge in [0, 0.05) is 38.3 Å². The van der Waals surface area contributed by atoms with Crippen LogP contribution in [0, 0.1) is 11.6 Å². The van der Waals surface area contributed by atoms with Gasteiger partial charge >= 0.3 is 6.03 Å². The zero-order valence-electron chi connectivity index (χ0n) is 19.4. The number of anilines is 1. The van der Waals surface area contributed by atoms with E-state index in [9.17, 15) is 23.2 Å². The number of nitrogens with one attached hydrogen (secondary N) is 2. The Hall–Kier alpha value is -3.49. The zero-order chi connectivity index (χ0) is 24.7. The molecule has 0 bridgehead atoms. The van der Waals surface area contributed by atoms with E-state index in [0.29, 0.717) is 50.3 Å². The summed E-state index contributed by atoms with van der Waals surface area (Å²) in [6.07, 6.45) is 1.20. The third-order valence-electron chi connectivity index (χ3n) is 5.83. The molecular weight excluding hydrogens is 442 g/mol. The molecule has 1 atom stereocenters. The first-order chi connectivity index (χ1) is 16.3. The molecule has 0 aromatic heterocycles. The summed E-state index contributed by atoms with van der Waals surface area (Å²) in [7, 11) is 0. The molecule has 182 valence electrons. The number of nitrogens with zero attached hydrogens (tertiary/aromatic N) is 2. The van der Waals surface area contributed by atoms with Crippen LogP contribution in [0.5, 0.6) is 0 Å². The van der Waals surface area contributed by atoms with E-state index < -0.39 is 17.9 Å². The fourth-order valence-electron chi connectivity index (χ4n) is 3.91. The molecule has 9 heteroatoms. The van der Waals surface area contributed by atoms with Gasteiger partial charge in [0.05, 0.1) is 5.69 Å². The Kier molecular flexibility index (Phi) is 8.56. The van der Waals surface area contributed by atoms with E-state index in [4.69, 9.17) is 0 Å². The highest BCUT2D eigenvalue weighted by molar-refractivity contribution is 5.94. The van der Waals surface area contributed by atoms with Crippen LogP contribution in [-0.4, -0.2) is 54.8 Å². The minimum Gasteiger partial charge on any atom is -0.366 e. The predicted molar refractivity (Wildman–Crippen MR) is 126 cm³/mol. The van der Waals surface area contributed by atoms with E-state index in [0.717, 1.165) is 5.56 Å². The molecule has 34 heavy (non-hydrogen) atoms. The second kappa shape index (κ2) is 11.6. The van der Waals surface area contributed by atoms with Crippen molar-refractivity contribution < 1.29 is 23.2 Å². The summed E-state index contributed by atoms with van der Waals surface area (Å²) >= 11 is 0. The van der Waals surface area contributed by atoms with Crippen LogP contribution in [0.15, 0.2) is 42.5 Å². The van der Waals surface area contributed by atoms with Crippen LogP contribution in [0.4, 0.5) is 19.3 Å². The number of Topliss-reactive ketones (excluding diaryl/α,β-unsaturated/α-hetero) is 1. The minimum atomic E-state index is -0.670. The third kappa shape index (κ3) is 6.52. The number of benzene rings is 2. The number of piperazine rings is 1. The Labute approximate surface area is 198 Å². The van der Waals surface area contributed by atoms with Crippen LogP contribution < -0.4 is 15.5 Å². The molecular formula is C25H30F2N4O3. The van der Waals surface area contributed by atoms with Crippen molar-refractivity contribution in [3.63, 3.8) is 0 Å². The SMILES string of the molecule is CCCC(NC(=O)NCc1ccc(F)cc1)C(=O)N1CCN(c2ccc(C(C)=O)cc2F)CC1. The number of rotatable bonds is 8. The van der Waals surface area contributed by atoms with E-state index >= 15 is 0 Å². The van der Waals surface area contributed by atoms with Crippen molar-refractivity contribution >= 4 is 23.4 Å². The fraction of sp³-hybridized carbons (Fsp3) is 0.400. The van der Waals surface area contributed by atoms with Gasteiger partial charge in [-0.05, 0) is 49.2 Å². The number of hydrogen-bond donors (Lipinski definition) is 2. The number of carbonyl (C=O) groups is 3. The Morgan fingerprint density at radius 3 is 2.26 bits per heavy atom.